The minimum absolute atomic E-state index is 0.0837. The topological polar surface area (TPSA) is 99.6 Å². The fourth-order valence-corrected chi connectivity index (χ4v) is 2.86. The van der Waals surface area contributed by atoms with Crippen molar-refractivity contribution in [3.8, 4) is 11.5 Å². The Bertz CT molecular complexity index is 1170. The monoisotopic (exact) mass is 431 g/mol. The zero-order valence-electron chi connectivity index (χ0n) is 17.2. The molecule has 0 aliphatic rings. The van der Waals surface area contributed by atoms with E-state index in [-0.39, 0.29) is 28.3 Å². The van der Waals surface area contributed by atoms with Crippen molar-refractivity contribution in [3.05, 3.63) is 52.8 Å². The molecule has 0 radical (unpaired) electrons. The van der Waals surface area contributed by atoms with E-state index in [2.05, 4.69) is 20.0 Å². The second kappa shape index (κ2) is 8.90. The average Bonchev–Trinajstić information content (AvgIpc) is 2.73. The van der Waals surface area contributed by atoms with E-state index in [9.17, 15) is 18.4 Å². The minimum Gasteiger partial charge on any atom is -0.493 e. The largest absolute Gasteiger partial charge is 0.493 e. The number of hydrogen-bond acceptors (Lipinski definition) is 7. The van der Waals surface area contributed by atoms with Crippen LogP contribution in [0.5, 0.6) is 11.5 Å². The smallest absolute Gasteiger partial charge is 0.387 e. The predicted molar refractivity (Wildman–Crippen MR) is 108 cm³/mol. The minimum atomic E-state index is -3.13. The summed E-state index contributed by atoms with van der Waals surface area (Å²) < 4.78 is 39.7. The molecule has 1 amide bonds. The summed E-state index contributed by atoms with van der Waals surface area (Å²) >= 11 is 0. The first-order chi connectivity index (χ1) is 14.7. The Kier molecular flexibility index (Phi) is 6.28. The number of amides is 1. The zero-order valence-corrected chi connectivity index (χ0v) is 17.2. The molecule has 0 unspecified atom stereocenters. The fourth-order valence-electron chi connectivity index (χ4n) is 2.86. The normalized spacial score (nSPS) is 10.8. The Morgan fingerprint density at radius 1 is 0.968 bits per heavy atom. The summed E-state index contributed by atoms with van der Waals surface area (Å²) in [5, 5.41) is 2.53. The number of hydrogen-bond donors (Lipinski definition) is 1. The molecule has 0 aliphatic heterocycles. The number of anilines is 1. The molecule has 8 nitrogen and oxygen atoms in total. The van der Waals surface area contributed by atoms with E-state index >= 15 is 0 Å². The number of benzene rings is 2. The molecule has 0 atom stereocenters. The molecule has 0 saturated heterocycles. The molecule has 0 fully saturated rings. The first-order valence-corrected chi connectivity index (χ1v) is 9.05. The lowest BCUT2D eigenvalue weighted by atomic mass is 10.1. The highest BCUT2D eigenvalue weighted by molar-refractivity contribution is 6.09. The van der Waals surface area contributed by atoms with E-state index in [1.54, 1.807) is 25.1 Å². The SMILES string of the molecule is COC(=O)c1cc(OC)c(OC(F)F)cc1NC(=O)c1ccc2nc(C)c(C)nc2c1. The number of ether oxygens (including phenoxy) is 3. The van der Waals surface area contributed by atoms with E-state index in [1.165, 1.54) is 7.11 Å². The number of carbonyl (C=O) groups is 2. The molecule has 1 aromatic heterocycles. The quantitative estimate of drug-likeness (QED) is 0.591. The van der Waals surface area contributed by atoms with Gasteiger partial charge in [-0.1, -0.05) is 0 Å². The van der Waals surface area contributed by atoms with Gasteiger partial charge in [-0.2, -0.15) is 8.78 Å². The van der Waals surface area contributed by atoms with Crippen molar-refractivity contribution in [2.24, 2.45) is 0 Å². The van der Waals surface area contributed by atoms with Gasteiger partial charge in [-0.05, 0) is 32.0 Å². The summed E-state index contributed by atoms with van der Waals surface area (Å²) in [5.74, 6) is -1.87. The van der Waals surface area contributed by atoms with Crippen LogP contribution in [0.1, 0.15) is 32.1 Å². The number of esters is 1. The number of carbonyl (C=O) groups excluding carboxylic acids is 2. The lowest BCUT2D eigenvalue weighted by Gasteiger charge is -2.15. The third-order valence-electron chi connectivity index (χ3n) is 4.51. The van der Waals surface area contributed by atoms with Crippen LogP contribution in [-0.2, 0) is 4.74 Å². The Morgan fingerprint density at radius 2 is 1.65 bits per heavy atom. The van der Waals surface area contributed by atoms with Gasteiger partial charge in [0, 0.05) is 17.7 Å². The molecular weight excluding hydrogens is 412 g/mol. The van der Waals surface area contributed by atoms with Gasteiger partial charge in [-0.3, -0.25) is 4.79 Å². The Morgan fingerprint density at radius 3 is 2.26 bits per heavy atom. The first kappa shape index (κ1) is 21.9. The fraction of sp³-hybridized carbons (Fsp3) is 0.238. The van der Waals surface area contributed by atoms with Crippen molar-refractivity contribution >= 4 is 28.6 Å². The lowest BCUT2D eigenvalue weighted by molar-refractivity contribution is -0.0511. The molecular formula is C21H19F2N3O5. The van der Waals surface area contributed by atoms with Crippen molar-refractivity contribution in [2.75, 3.05) is 19.5 Å². The highest BCUT2D eigenvalue weighted by Crippen LogP contribution is 2.35. The first-order valence-electron chi connectivity index (χ1n) is 9.05. The number of aromatic nitrogens is 2. The number of methoxy groups -OCH3 is 2. The number of halogens is 2. The summed E-state index contributed by atoms with van der Waals surface area (Å²) in [5.41, 5.74) is 2.68. The maximum atomic E-state index is 12.8. The molecule has 1 heterocycles. The van der Waals surface area contributed by atoms with Crippen LogP contribution in [-0.4, -0.2) is 42.7 Å². The molecule has 2 aromatic carbocycles. The van der Waals surface area contributed by atoms with E-state index in [1.807, 2.05) is 6.92 Å². The van der Waals surface area contributed by atoms with Crippen LogP contribution in [0.3, 0.4) is 0 Å². The van der Waals surface area contributed by atoms with Gasteiger partial charge in [-0.15, -0.1) is 0 Å². The van der Waals surface area contributed by atoms with Gasteiger partial charge in [-0.25, -0.2) is 14.8 Å². The lowest BCUT2D eigenvalue weighted by Crippen LogP contribution is -2.16. The second-order valence-corrected chi connectivity index (χ2v) is 6.47. The molecule has 162 valence electrons. The maximum absolute atomic E-state index is 12.8. The Hall–Kier alpha value is -3.82. The van der Waals surface area contributed by atoms with Crippen LogP contribution in [0.25, 0.3) is 11.0 Å². The molecule has 0 saturated carbocycles. The third-order valence-corrected chi connectivity index (χ3v) is 4.51. The van der Waals surface area contributed by atoms with Crippen molar-refractivity contribution in [2.45, 2.75) is 20.5 Å². The van der Waals surface area contributed by atoms with Crippen LogP contribution >= 0.6 is 0 Å². The standard InChI is InChI=1S/C21H19F2N3O5/c1-10-11(2)25-16-7-12(5-6-14(16)24-10)19(27)26-15-9-18(31-21(22)23)17(29-3)8-13(15)20(28)30-4/h5-9,21H,1-4H3,(H,26,27). The van der Waals surface area contributed by atoms with Crippen LogP contribution < -0.4 is 14.8 Å². The highest BCUT2D eigenvalue weighted by Gasteiger charge is 2.21. The zero-order chi connectivity index (χ0) is 22.7. The molecule has 3 rings (SSSR count). The number of aryl methyl sites for hydroxylation is 2. The van der Waals surface area contributed by atoms with Crippen LogP contribution in [0.4, 0.5) is 14.5 Å². The predicted octanol–water partition coefficient (Wildman–Crippen LogP) is 3.90. The molecule has 3 aromatic rings. The number of nitrogens with zero attached hydrogens (tertiary/aromatic N) is 2. The van der Waals surface area contributed by atoms with E-state index in [4.69, 9.17) is 9.47 Å². The van der Waals surface area contributed by atoms with E-state index in [0.717, 1.165) is 30.6 Å². The van der Waals surface area contributed by atoms with Gasteiger partial charge in [0.1, 0.15) is 0 Å². The van der Waals surface area contributed by atoms with Gasteiger partial charge in [0.05, 0.1) is 47.9 Å². The molecule has 10 heteroatoms. The number of fused-ring (bicyclic) bond motifs is 1. The number of alkyl halides is 2. The number of rotatable bonds is 6. The summed E-state index contributed by atoms with van der Waals surface area (Å²) in [6, 6.07) is 6.95. The van der Waals surface area contributed by atoms with Gasteiger partial charge in [0.2, 0.25) is 0 Å². The summed E-state index contributed by atoms with van der Waals surface area (Å²) in [4.78, 5) is 33.8. The van der Waals surface area contributed by atoms with Crippen molar-refractivity contribution < 1.29 is 32.6 Å². The van der Waals surface area contributed by atoms with E-state index in [0.29, 0.717) is 11.0 Å². The maximum Gasteiger partial charge on any atom is 0.387 e. The Labute approximate surface area is 176 Å². The van der Waals surface area contributed by atoms with Gasteiger partial charge in [0.25, 0.3) is 5.91 Å². The second-order valence-electron chi connectivity index (χ2n) is 6.47. The number of nitrogens with one attached hydrogen (secondary N) is 1. The van der Waals surface area contributed by atoms with Crippen molar-refractivity contribution in [1.29, 1.82) is 0 Å². The summed E-state index contributed by atoms with van der Waals surface area (Å²) in [6.07, 6.45) is 0. The molecule has 0 aliphatic carbocycles. The van der Waals surface area contributed by atoms with Crippen LogP contribution in [0, 0.1) is 13.8 Å². The molecule has 31 heavy (non-hydrogen) atoms. The van der Waals surface area contributed by atoms with E-state index < -0.39 is 18.5 Å². The highest BCUT2D eigenvalue weighted by atomic mass is 19.3. The van der Waals surface area contributed by atoms with Crippen molar-refractivity contribution in [3.63, 3.8) is 0 Å². The third kappa shape index (κ3) is 4.68. The average molecular weight is 431 g/mol. The van der Waals surface area contributed by atoms with Gasteiger partial charge in [0.15, 0.2) is 11.5 Å². The van der Waals surface area contributed by atoms with Crippen LogP contribution in [0.15, 0.2) is 30.3 Å². The molecule has 0 spiro atoms. The van der Waals surface area contributed by atoms with Crippen molar-refractivity contribution in [1.82, 2.24) is 9.97 Å². The Balaban J connectivity index is 2.01. The molecule has 1 N–H and O–H groups in total. The summed E-state index contributed by atoms with van der Waals surface area (Å²) in [7, 11) is 2.38. The summed E-state index contributed by atoms with van der Waals surface area (Å²) in [6.45, 7) is 0.505. The van der Waals surface area contributed by atoms with Crippen LogP contribution in [0.2, 0.25) is 0 Å². The van der Waals surface area contributed by atoms with Gasteiger partial charge >= 0.3 is 12.6 Å². The molecule has 0 bridgehead atoms. The van der Waals surface area contributed by atoms with Gasteiger partial charge < -0.3 is 19.5 Å².